The Bertz CT molecular complexity index is 887. The third-order valence-electron chi connectivity index (χ3n) is 4.50. The number of carbonyl (C=O) groups excluding carboxylic acids is 1. The van der Waals surface area contributed by atoms with Gasteiger partial charge in [0.2, 0.25) is 0 Å². The number of hydrogen-bond donors (Lipinski definition) is 1. The minimum atomic E-state index is -0.0262. The van der Waals surface area contributed by atoms with Gasteiger partial charge in [0.25, 0.3) is 5.91 Å². The average molecular weight is 332 g/mol. The van der Waals surface area contributed by atoms with E-state index in [2.05, 4.69) is 29.4 Å². The maximum atomic E-state index is 12.8. The fourth-order valence-corrected chi connectivity index (χ4v) is 3.11. The lowest BCUT2D eigenvalue weighted by atomic mass is 10.0. The van der Waals surface area contributed by atoms with Crippen LogP contribution in [0.15, 0.2) is 54.6 Å². The summed E-state index contributed by atoms with van der Waals surface area (Å²) in [5.74, 6) is -0.0262. The summed E-state index contributed by atoms with van der Waals surface area (Å²) in [6.07, 6.45) is 1.87. The Kier molecular flexibility index (Phi) is 5.13. The molecule has 1 aromatic heterocycles. The molecule has 0 bridgehead atoms. The fourth-order valence-electron chi connectivity index (χ4n) is 3.11. The normalized spacial score (nSPS) is 12.1. The number of nitrogens with zero attached hydrogens (tertiary/aromatic N) is 1. The number of rotatable bonds is 5. The molecule has 0 aliphatic heterocycles. The van der Waals surface area contributed by atoms with E-state index in [1.54, 1.807) is 0 Å². The van der Waals surface area contributed by atoms with E-state index < -0.39 is 0 Å². The van der Waals surface area contributed by atoms with Crippen molar-refractivity contribution in [2.45, 2.75) is 39.7 Å². The van der Waals surface area contributed by atoms with Gasteiger partial charge in [0.15, 0.2) is 0 Å². The predicted molar refractivity (Wildman–Crippen MR) is 103 cm³/mol. The third-order valence-corrected chi connectivity index (χ3v) is 4.50. The van der Waals surface area contributed by atoms with E-state index in [1.165, 1.54) is 5.56 Å². The minimum absolute atomic E-state index is 0.0262. The van der Waals surface area contributed by atoms with Crippen LogP contribution in [0.3, 0.4) is 0 Å². The van der Waals surface area contributed by atoms with E-state index in [-0.39, 0.29) is 11.9 Å². The lowest BCUT2D eigenvalue weighted by Gasteiger charge is -2.15. The summed E-state index contributed by atoms with van der Waals surface area (Å²) in [4.78, 5) is 17.4. The van der Waals surface area contributed by atoms with E-state index in [0.717, 1.165) is 35.0 Å². The molecule has 1 unspecified atom stereocenters. The Morgan fingerprint density at radius 2 is 1.84 bits per heavy atom. The van der Waals surface area contributed by atoms with Gasteiger partial charge in [0, 0.05) is 17.1 Å². The van der Waals surface area contributed by atoms with Gasteiger partial charge in [0.05, 0.1) is 11.1 Å². The molecule has 0 saturated carbocycles. The van der Waals surface area contributed by atoms with Crippen LogP contribution in [0.4, 0.5) is 0 Å². The third kappa shape index (κ3) is 4.05. The minimum Gasteiger partial charge on any atom is -0.350 e. The number of benzene rings is 2. The van der Waals surface area contributed by atoms with Crippen LogP contribution in [0, 0.1) is 13.8 Å². The predicted octanol–water partition coefficient (Wildman–Crippen LogP) is 4.60. The molecule has 1 atom stereocenters. The molecule has 3 heteroatoms. The number of nitrogens with one attached hydrogen (secondary N) is 1. The first-order chi connectivity index (χ1) is 12.0. The van der Waals surface area contributed by atoms with Crippen LogP contribution in [0.1, 0.15) is 40.5 Å². The van der Waals surface area contributed by atoms with Crippen LogP contribution in [0.2, 0.25) is 0 Å². The largest absolute Gasteiger partial charge is 0.350 e. The summed E-state index contributed by atoms with van der Waals surface area (Å²) in [7, 11) is 0. The van der Waals surface area contributed by atoms with E-state index in [0.29, 0.717) is 5.56 Å². The SMILES string of the molecule is Cc1cc(C(=O)NC(C)CCc2ccccc2)c2cccc(C)c2n1. The highest BCUT2D eigenvalue weighted by molar-refractivity contribution is 6.06. The summed E-state index contributed by atoms with van der Waals surface area (Å²) in [6.45, 7) is 6.02. The number of para-hydroxylation sites is 1. The van der Waals surface area contributed by atoms with E-state index >= 15 is 0 Å². The van der Waals surface area contributed by atoms with Crippen molar-refractivity contribution in [2.24, 2.45) is 0 Å². The molecule has 3 nitrogen and oxygen atoms in total. The average Bonchev–Trinajstić information content (AvgIpc) is 2.61. The summed E-state index contributed by atoms with van der Waals surface area (Å²) in [5.41, 5.74) is 4.86. The van der Waals surface area contributed by atoms with Gasteiger partial charge < -0.3 is 5.32 Å². The molecule has 0 spiro atoms. The summed E-state index contributed by atoms with van der Waals surface area (Å²) < 4.78 is 0. The van der Waals surface area contributed by atoms with Crippen LogP contribution >= 0.6 is 0 Å². The van der Waals surface area contributed by atoms with Crippen LogP contribution in [-0.2, 0) is 6.42 Å². The summed E-state index contributed by atoms with van der Waals surface area (Å²) in [6, 6.07) is 18.3. The Morgan fingerprint density at radius 3 is 2.60 bits per heavy atom. The highest BCUT2D eigenvalue weighted by Crippen LogP contribution is 2.21. The molecule has 25 heavy (non-hydrogen) atoms. The molecule has 0 aliphatic carbocycles. The Morgan fingerprint density at radius 1 is 1.08 bits per heavy atom. The molecule has 2 aromatic carbocycles. The van der Waals surface area contributed by atoms with Crippen LogP contribution in [0.5, 0.6) is 0 Å². The molecule has 3 aromatic rings. The molecule has 1 heterocycles. The van der Waals surface area contributed by atoms with Gasteiger partial charge in [0.1, 0.15) is 0 Å². The van der Waals surface area contributed by atoms with Crippen molar-refractivity contribution in [3.63, 3.8) is 0 Å². The zero-order valence-corrected chi connectivity index (χ0v) is 15.0. The first-order valence-corrected chi connectivity index (χ1v) is 8.76. The van der Waals surface area contributed by atoms with Crippen LogP contribution < -0.4 is 5.32 Å². The molecule has 1 amide bonds. The smallest absolute Gasteiger partial charge is 0.252 e. The lowest BCUT2D eigenvalue weighted by Crippen LogP contribution is -2.33. The molecule has 0 fully saturated rings. The second kappa shape index (κ2) is 7.47. The molecule has 0 aliphatic rings. The number of pyridine rings is 1. The van der Waals surface area contributed by atoms with Gasteiger partial charge in [-0.05, 0) is 50.8 Å². The number of amides is 1. The van der Waals surface area contributed by atoms with Gasteiger partial charge in [-0.2, -0.15) is 0 Å². The first-order valence-electron chi connectivity index (χ1n) is 8.76. The van der Waals surface area contributed by atoms with Crippen LogP contribution in [0.25, 0.3) is 10.9 Å². The summed E-state index contributed by atoms with van der Waals surface area (Å²) >= 11 is 0. The first kappa shape index (κ1) is 17.2. The maximum absolute atomic E-state index is 12.8. The molecule has 0 radical (unpaired) electrons. The molecule has 0 saturated heterocycles. The zero-order chi connectivity index (χ0) is 17.8. The Labute approximate surface area is 149 Å². The van der Waals surface area contributed by atoms with Gasteiger partial charge in [-0.1, -0.05) is 48.5 Å². The molecular weight excluding hydrogens is 308 g/mol. The Hall–Kier alpha value is -2.68. The van der Waals surface area contributed by atoms with Gasteiger partial charge in [-0.15, -0.1) is 0 Å². The monoisotopic (exact) mass is 332 g/mol. The van der Waals surface area contributed by atoms with E-state index in [1.807, 2.05) is 56.3 Å². The lowest BCUT2D eigenvalue weighted by molar-refractivity contribution is 0.0940. The molecule has 1 N–H and O–H groups in total. The highest BCUT2D eigenvalue weighted by Gasteiger charge is 2.15. The van der Waals surface area contributed by atoms with Crippen molar-refractivity contribution >= 4 is 16.8 Å². The van der Waals surface area contributed by atoms with Gasteiger partial charge in [-0.25, -0.2) is 0 Å². The van der Waals surface area contributed by atoms with Gasteiger partial charge >= 0.3 is 0 Å². The molecule has 3 rings (SSSR count). The summed E-state index contributed by atoms with van der Waals surface area (Å²) in [5, 5.41) is 4.05. The van der Waals surface area contributed by atoms with Crippen molar-refractivity contribution in [1.82, 2.24) is 10.3 Å². The second-order valence-electron chi connectivity index (χ2n) is 6.68. The molecular formula is C22H24N2O. The van der Waals surface area contributed by atoms with E-state index in [9.17, 15) is 4.79 Å². The quantitative estimate of drug-likeness (QED) is 0.742. The van der Waals surface area contributed by atoms with Crippen molar-refractivity contribution in [3.05, 3.63) is 77.0 Å². The van der Waals surface area contributed by atoms with Crippen molar-refractivity contribution in [1.29, 1.82) is 0 Å². The number of aromatic nitrogens is 1. The van der Waals surface area contributed by atoms with Gasteiger partial charge in [-0.3, -0.25) is 9.78 Å². The Balaban J connectivity index is 1.75. The second-order valence-corrected chi connectivity index (χ2v) is 6.68. The van der Waals surface area contributed by atoms with Crippen LogP contribution in [-0.4, -0.2) is 16.9 Å². The number of fused-ring (bicyclic) bond motifs is 1. The maximum Gasteiger partial charge on any atom is 0.252 e. The fraction of sp³-hybridized carbons (Fsp3) is 0.273. The number of aryl methyl sites for hydroxylation is 3. The zero-order valence-electron chi connectivity index (χ0n) is 15.0. The van der Waals surface area contributed by atoms with Crippen molar-refractivity contribution in [3.8, 4) is 0 Å². The standard InChI is InChI=1S/C22H24N2O/c1-15-8-7-11-19-20(14-17(3)23-21(15)19)22(25)24-16(2)12-13-18-9-5-4-6-10-18/h4-11,14,16H,12-13H2,1-3H3,(H,24,25). The highest BCUT2D eigenvalue weighted by atomic mass is 16.1. The number of hydrogen-bond acceptors (Lipinski definition) is 2. The topological polar surface area (TPSA) is 42.0 Å². The molecule has 128 valence electrons. The van der Waals surface area contributed by atoms with Crippen molar-refractivity contribution in [2.75, 3.05) is 0 Å². The van der Waals surface area contributed by atoms with E-state index in [4.69, 9.17) is 0 Å². The van der Waals surface area contributed by atoms with Crippen molar-refractivity contribution < 1.29 is 4.79 Å². The number of carbonyl (C=O) groups is 1.